The molecule has 3 heterocycles. The number of fused-ring (bicyclic) bond motifs is 1. The second kappa shape index (κ2) is 4.68. The zero-order chi connectivity index (χ0) is 13.2. The number of H-pyrrole nitrogens is 1. The second-order valence-electron chi connectivity index (χ2n) is 4.55. The molecule has 3 aromatic heterocycles. The van der Waals surface area contributed by atoms with Gasteiger partial charge in [0.2, 0.25) is 0 Å². The molecule has 0 amide bonds. The van der Waals surface area contributed by atoms with Gasteiger partial charge in [-0.2, -0.15) is 0 Å². The zero-order valence-corrected chi connectivity index (χ0v) is 10.7. The van der Waals surface area contributed by atoms with Crippen molar-refractivity contribution in [1.82, 2.24) is 19.9 Å². The van der Waals surface area contributed by atoms with Crippen molar-refractivity contribution in [3.63, 3.8) is 0 Å². The number of nitrogens with zero attached hydrogens (tertiary/aromatic N) is 3. The van der Waals surface area contributed by atoms with Crippen molar-refractivity contribution in [2.75, 3.05) is 5.73 Å². The number of nitrogens with two attached hydrogens (primary N) is 1. The third-order valence-electron chi connectivity index (χ3n) is 3.24. The second-order valence-corrected chi connectivity index (χ2v) is 4.55. The number of pyridine rings is 2. The highest BCUT2D eigenvalue weighted by Gasteiger charge is 2.07. The minimum Gasteiger partial charge on any atom is -0.383 e. The van der Waals surface area contributed by atoms with E-state index >= 15 is 0 Å². The van der Waals surface area contributed by atoms with Gasteiger partial charge in [-0.05, 0) is 42.7 Å². The van der Waals surface area contributed by atoms with E-state index in [2.05, 4.69) is 19.9 Å². The van der Waals surface area contributed by atoms with Crippen LogP contribution in [0.15, 0.2) is 30.6 Å². The predicted molar refractivity (Wildman–Crippen MR) is 74.7 cm³/mol. The fourth-order valence-electron chi connectivity index (χ4n) is 2.19. The summed E-state index contributed by atoms with van der Waals surface area (Å²) in [4.78, 5) is 16.1. The molecule has 5 heteroatoms. The Bertz CT molecular complexity index is 663. The van der Waals surface area contributed by atoms with Gasteiger partial charge in [0.05, 0.1) is 5.52 Å². The molecule has 19 heavy (non-hydrogen) atoms. The number of hydrogen-bond acceptors (Lipinski definition) is 4. The third kappa shape index (κ3) is 2.27. The Balaban J connectivity index is 1.82. The lowest BCUT2D eigenvalue weighted by Gasteiger charge is -2.06. The first-order valence-electron chi connectivity index (χ1n) is 6.23. The first kappa shape index (κ1) is 11.6. The molecule has 0 aliphatic carbocycles. The minimum absolute atomic E-state index is 0.606. The molecule has 0 bridgehead atoms. The fraction of sp³-hybridized carbons (Fsp3) is 0.214. The Morgan fingerprint density at radius 1 is 1.16 bits per heavy atom. The van der Waals surface area contributed by atoms with Crippen LogP contribution >= 0.6 is 0 Å². The number of aromatic amines is 1. The third-order valence-corrected chi connectivity index (χ3v) is 3.24. The summed E-state index contributed by atoms with van der Waals surface area (Å²) in [5, 5.41) is 0. The summed E-state index contributed by atoms with van der Waals surface area (Å²) in [5.74, 6) is 1.53. The van der Waals surface area contributed by atoms with Gasteiger partial charge in [0.15, 0.2) is 5.65 Å². The van der Waals surface area contributed by atoms with Crippen LogP contribution in [0.2, 0.25) is 0 Å². The zero-order valence-electron chi connectivity index (χ0n) is 10.7. The molecule has 0 atom stereocenters. The van der Waals surface area contributed by atoms with Gasteiger partial charge in [0, 0.05) is 18.8 Å². The van der Waals surface area contributed by atoms with Crippen LogP contribution in [0.25, 0.3) is 11.2 Å². The number of aromatic nitrogens is 4. The Kier molecular flexibility index (Phi) is 2.87. The molecule has 0 saturated carbocycles. The molecule has 0 unspecified atom stereocenters. The van der Waals surface area contributed by atoms with E-state index in [-0.39, 0.29) is 0 Å². The van der Waals surface area contributed by atoms with E-state index in [1.807, 2.05) is 25.1 Å². The van der Waals surface area contributed by atoms with Crippen LogP contribution in [0, 0.1) is 6.92 Å². The summed E-state index contributed by atoms with van der Waals surface area (Å²) in [6.45, 7) is 2.05. The first-order chi connectivity index (χ1) is 9.24. The number of nitrogens with one attached hydrogen (secondary N) is 1. The van der Waals surface area contributed by atoms with Gasteiger partial charge in [-0.3, -0.25) is 0 Å². The number of anilines is 1. The highest BCUT2D eigenvalue weighted by molar-refractivity contribution is 5.69. The molecule has 0 radical (unpaired) electrons. The van der Waals surface area contributed by atoms with Crippen molar-refractivity contribution in [3.8, 4) is 0 Å². The Morgan fingerprint density at radius 3 is 2.84 bits per heavy atom. The maximum absolute atomic E-state index is 5.91. The lowest BCUT2D eigenvalue weighted by molar-refractivity contribution is 0.879. The highest BCUT2D eigenvalue weighted by Crippen LogP contribution is 2.16. The largest absolute Gasteiger partial charge is 0.383 e. The molecule has 96 valence electrons. The van der Waals surface area contributed by atoms with Crippen LogP contribution in [0.4, 0.5) is 5.82 Å². The van der Waals surface area contributed by atoms with Crippen LogP contribution in [-0.2, 0) is 12.8 Å². The Labute approximate surface area is 110 Å². The summed E-state index contributed by atoms with van der Waals surface area (Å²) in [7, 11) is 0. The quantitative estimate of drug-likeness (QED) is 0.748. The lowest BCUT2D eigenvalue weighted by Crippen LogP contribution is -2.02. The van der Waals surface area contributed by atoms with Crippen molar-refractivity contribution < 1.29 is 0 Å². The van der Waals surface area contributed by atoms with Crippen molar-refractivity contribution in [2.45, 2.75) is 19.8 Å². The fourth-order valence-corrected chi connectivity index (χ4v) is 2.19. The van der Waals surface area contributed by atoms with E-state index in [0.29, 0.717) is 5.82 Å². The van der Waals surface area contributed by atoms with Gasteiger partial charge >= 0.3 is 0 Å². The van der Waals surface area contributed by atoms with Gasteiger partial charge in [0.1, 0.15) is 11.6 Å². The topological polar surface area (TPSA) is 80.5 Å². The molecule has 0 aromatic carbocycles. The molecule has 0 aliphatic rings. The van der Waals surface area contributed by atoms with Gasteiger partial charge in [-0.15, -0.1) is 0 Å². The average molecular weight is 253 g/mol. The van der Waals surface area contributed by atoms with Crippen molar-refractivity contribution >= 4 is 17.0 Å². The van der Waals surface area contributed by atoms with Gasteiger partial charge in [-0.25, -0.2) is 15.0 Å². The standard InChI is InChI=1S/C14H15N5/c1-9-6-8-16-13(15)10(9)4-5-12-18-11-3-2-7-17-14(11)19-12/h2-3,6-8H,4-5H2,1H3,(H2,15,16)(H,17,18,19). The van der Waals surface area contributed by atoms with E-state index in [9.17, 15) is 0 Å². The SMILES string of the molecule is Cc1ccnc(N)c1CCc1nc2ncccc2[nH]1. The number of hydrogen-bond donors (Lipinski definition) is 2. The molecule has 0 saturated heterocycles. The van der Waals surface area contributed by atoms with E-state index in [4.69, 9.17) is 5.73 Å². The number of nitrogen functional groups attached to an aromatic ring is 1. The molecule has 0 spiro atoms. The maximum Gasteiger partial charge on any atom is 0.177 e. The van der Waals surface area contributed by atoms with E-state index in [1.54, 1.807) is 12.4 Å². The lowest BCUT2D eigenvalue weighted by atomic mass is 10.1. The van der Waals surface area contributed by atoms with Crippen LogP contribution in [0.1, 0.15) is 17.0 Å². The van der Waals surface area contributed by atoms with Crippen LogP contribution in [-0.4, -0.2) is 19.9 Å². The molecular weight excluding hydrogens is 238 g/mol. The van der Waals surface area contributed by atoms with Crippen molar-refractivity contribution in [2.24, 2.45) is 0 Å². The summed E-state index contributed by atoms with van der Waals surface area (Å²) >= 11 is 0. The normalized spacial score (nSPS) is 11.0. The van der Waals surface area contributed by atoms with Crippen molar-refractivity contribution in [1.29, 1.82) is 0 Å². The van der Waals surface area contributed by atoms with Gasteiger partial charge in [0.25, 0.3) is 0 Å². The summed E-state index contributed by atoms with van der Waals surface area (Å²) in [5.41, 5.74) is 9.89. The average Bonchev–Trinajstić information content (AvgIpc) is 2.81. The van der Waals surface area contributed by atoms with E-state index in [1.165, 1.54) is 5.56 Å². The molecule has 3 aromatic rings. The molecule has 0 aliphatic heterocycles. The predicted octanol–water partition coefficient (Wildman–Crippen LogP) is 2.03. The Morgan fingerprint density at radius 2 is 2.05 bits per heavy atom. The summed E-state index contributed by atoms with van der Waals surface area (Å²) in [6.07, 6.45) is 5.11. The van der Waals surface area contributed by atoms with E-state index in [0.717, 1.165) is 35.4 Å². The molecule has 0 fully saturated rings. The monoisotopic (exact) mass is 253 g/mol. The molecule has 5 nitrogen and oxygen atoms in total. The maximum atomic E-state index is 5.91. The number of imidazole rings is 1. The summed E-state index contributed by atoms with van der Waals surface area (Å²) < 4.78 is 0. The molecular formula is C14H15N5. The minimum atomic E-state index is 0.606. The van der Waals surface area contributed by atoms with Gasteiger partial charge in [-0.1, -0.05) is 0 Å². The smallest absolute Gasteiger partial charge is 0.177 e. The Hall–Kier alpha value is -2.43. The highest BCUT2D eigenvalue weighted by atomic mass is 15.0. The molecule has 3 N–H and O–H groups in total. The summed E-state index contributed by atoms with van der Waals surface area (Å²) in [6, 6.07) is 5.85. The van der Waals surface area contributed by atoms with Gasteiger partial charge < -0.3 is 10.7 Å². The van der Waals surface area contributed by atoms with Crippen LogP contribution in [0.5, 0.6) is 0 Å². The van der Waals surface area contributed by atoms with Crippen LogP contribution < -0.4 is 5.73 Å². The molecule has 3 rings (SSSR count). The van der Waals surface area contributed by atoms with Crippen molar-refractivity contribution in [3.05, 3.63) is 47.5 Å². The number of rotatable bonds is 3. The first-order valence-corrected chi connectivity index (χ1v) is 6.23. The van der Waals surface area contributed by atoms with Crippen LogP contribution in [0.3, 0.4) is 0 Å². The number of aryl methyl sites for hydroxylation is 2. The van der Waals surface area contributed by atoms with E-state index < -0.39 is 0 Å².